The molecule has 2 unspecified atom stereocenters. The van der Waals surface area contributed by atoms with Crippen molar-refractivity contribution in [1.82, 2.24) is 5.32 Å². The van der Waals surface area contributed by atoms with E-state index in [9.17, 15) is 4.79 Å². The first kappa shape index (κ1) is 13.7. The molecule has 1 aliphatic carbocycles. The van der Waals surface area contributed by atoms with Crippen molar-refractivity contribution in [3.8, 4) is 0 Å². The quantitative estimate of drug-likeness (QED) is 0.878. The van der Waals surface area contributed by atoms with Crippen LogP contribution in [0.25, 0.3) is 0 Å². The van der Waals surface area contributed by atoms with Crippen LogP contribution in [0.15, 0.2) is 18.2 Å². The van der Waals surface area contributed by atoms with Gasteiger partial charge in [-0.05, 0) is 31.0 Å². The Labute approximate surface area is 117 Å². The molecule has 1 amide bonds. The van der Waals surface area contributed by atoms with E-state index < -0.39 is 0 Å². The van der Waals surface area contributed by atoms with E-state index in [2.05, 4.69) is 5.32 Å². The zero-order valence-corrected chi connectivity index (χ0v) is 11.5. The zero-order chi connectivity index (χ0) is 13.1. The Hall–Kier alpha value is -0.770. The fourth-order valence-electron chi connectivity index (χ4n) is 2.26. The van der Waals surface area contributed by atoms with E-state index in [-0.39, 0.29) is 18.0 Å². The highest BCUT2D eigenvalue weighted by molar-refractivity contribution is 6.36. The van der Waals surface area contributed by atoms with Crippen LogP contribution in [0.5, 0.6) is 0 Å². The average molecular weight is 287 g/mol. The van der Waals surface area contributed by atoms with Crippen molar-refractivity contribution in [2.24, 2.45) is 5.73 Å². The molecule has 5 heteroatoms. The molecule has 1 saturated carbocycles. The lowest BCUT2D eigenvalue weighted by atomic mass is 9.91. The lowest BCUT2D eigenvalue weighted by Crippen LogP contribution is -2.49. The lowest BCUT2D eigenvalue weighted by Gasteiger charge is -2.29. The van der Waals surface area contributed by atoms with Crippen LogP contribution >= 0.6 is 23.2 Å². The summed E-state index contributed by atoms with van der Waals surface area (Å²) in [4.78, 5) is 12.1. The van der Waals surface area contributed by atoms with Gasteiger partial charge in [0.1, 0.15) is 0 Å². The largest absolute Gasteiger partial charge is 0.348 e. The maximum atomic E-state index is 12.1. The van der Waals surface area contributed by atoms with E-state index in [4.69, 9.17) is 28.9 Å². The van der Waals surface area contributed by atoms with Gasteiger partial charge in [0, 0.05) is 17.1 Å². The number of amides is 1. The van der Waals surface area contributed by atoms with Crippen molar-refractivity contribution < 1.29 is 4.79 Å². The number of carbonyl (C=O) groups is 1. The van der Waals surface area contributed by atoms with Crippen LogP contribution in [0.4, 0.5) is 0 Å². The molecule has 0 spiro atoms. The van der Waals surface area contributed by atoms with Crippen LogP contribution in [0, 0.1) is 0 Å². The number of nitrogens with two attached hydrogens (primary N) is 1. The number of hydrogen-bond donors (Lipinski definition) is 2. The normalized spacial score (nSPS) is 23.7. The maximum Gasteiger partial charge on any atom is 0.253 e. The van der Waals surface area contributed by atoms with Gasteiger partial charge in [-0.25, -0.2) is 0 Å². The Morgan fingerprint density at radius 2 is 2.00 bits per heavy atom. The molecule has 2 rings (SSSR count). The van der Waals surface area contributed by atoms with Gasteiger partial charge in [-0.15, -0.1) is 0 Å². The number of carbonyl (C=O) groups excluding carboxylic acids is 1. The fourth-order valence-corrected chi connectivity index (χ4v) is 2.75. The topological polar surface area (TPSA) is 55.1 Å². The summed E-state index contributed by atoms with van der Waals surface area (Å²) < 4.78 is 0. The Morgan fingerprint density at radius 3 is 2.67 bits per heavy atom. The second-order valence-electron chi connectivity index (χ2n) is 4.65. The number of hydrogen-bond acceptors (Lipinski definition) is 2. The first-order valence-electron chi connectivity index (χ1n) is 6.09. The van der Waals surface area contributed by atoms with Crippen LogP contribution in [-0.2, 0) is 0 Å². The molecule has 1 fully saturated rings. The summed E-state index contributed by atoms with van der Waals surface area (Å²) in [6.45, 7) is 0. The Bertz CT molecular complexity index is 451. The molecule has 1 aliphatic rings. The predicted molar refractivity (Wildman–Crippen MR) is 74.2 cm³/mol. The molecule has 0 radical (unpaired) electrons. The molecule has 3 N–H and O–H groups in total. The van der Waals surface area contributed by atoms with E-state index in [0.717, 1.165) is 25.7 Å². The van der Waals surface area contributed by atoms with Crippen molar-refractivity contribution in [2.75, 3.05) is 0 Å². The van der Waals surface area contributed by atoms with Gasteiger partial charge < -0.3 is 11.1 Å². The van der Waals surface area contributed by atoms with Crippen LogP contribution in [0.2, 0.25) is 10.0 Å². The third-order valence-electron chi connectivity index (χ3n) is 3.31. The molecule has 18 heavy (non-hydrogen) atoms. The number of halogens is 2. The van der Waals surface area contributed by atoms with E-state index in [1.165, 1.54) is 0 Å². The van der Waals surface area contributed by atoms with Gasteiger partial charge >= 0.3 is 0 Å². The molecule has 0 aromatic heterocycles. The van der Waals surface area contributed by atoms with Gasteiger partial charge in [0.05, 0.1) is 10.6 Å². The summed E-state index contributed by atoms with van der Waals surface area (Å²) in [5.74, 6) is -0.181. The summed E-state index contributed by atoms with van der Waals surface area (Å²) in [7, 11) is 0. The molecule has 98 valence electrons. The van der Waals surface area contributed by atoms with Gasteiger partial charge in [0.15, 0.2) is 0 Å². The third-order valence-corrected chi connectivity index (χ3v) is 3.86. The molecule has 0 bridgehead atoms. The second-order valence-corrected chi connectivity index (χ2v) is 5.50. The Kier molecular flexibility index (Phi) is 4.49. The summed E-state index contributed by atoms with van der Waals surface area (Å²) in [6, 6.07) is 4.93. The Balaban J connectivity index is 2.07. The van der Waals surface area contributed by atoms with Crippen LogP contribution < -0.4 is 11.1 Å². The van der Waals surface area contributed by atoms with Crippen LogP contribution in [-0.4, -0.2) is 18.0 Å². The molecule has 0 aliphatic heterocycles. The second kappa shape index (κ2) is 5.91. The van der Waals surface area contributed by atoms with Crippen molar-refractivity contribution in [3.63, 3.8) is 0 Å². The average Bonchev–Trinajstić information content (AvgIpc) is 2.32. The minimum Gasteiger partial charge on any atom is -0.348 e. The first-order valence-corrected chi connectivity index (χ1v) is 6.85. The summed E-state index contributed by atoms with van der Waals surface area (Å²) >= 11 is 11.8. The lowest BCUT2D eigenvalue weighted by molar-refractivity contribution is 0.0921. The molecular weight excluding hydrogens is 271 g/mol. The predicted octanol–water partition coefficient (Wildman–Crippen LogP) is 2.99. The number of benzene rings is 1. The number of rotatable bonds is 2. The van der Waals surface area contributed by atoms with Gasteiger partial charge in [-0.2, -0.15) is 0 Å². The van der Waals surface area contributed by atoms with Gasteiger partial charge in [0.25, 0.3) is 5.91 Å². The van der Waals surface area contributed by atoms with Gasteiger partial charge in [0.2, 0.25) is 0 Å². The molecular formula is C13H16Cl2N2O. The van der Waals surface area contributed by atoms with Crippen molar-refractivity contribution in [1.29, 1.82) is 0 Å². The smallest absolute Gasteiger partial charge is 0.253 e. The van der Waals surface area contributed by atoms with Crippen LogP contribution in [0.1, 0.15) is 36.0 Å². The molecule has 0 saturated heterocycles. The molecule has 0 heterocycles. The van der Waals surface area contributed by atoms with E-state index in [0.29, 0.717) is 15.6 Å². The van der Waals surface area contributed by atoms with Crippen molar-refractivity contribution >= 4 is 29.1 Å². The van der Waals surface area contributed by atoms with Crippen LogP contribution in [0.3, 0.4) is 0 Å². The zero-order valence-electron chi connectivity index (χ0n) is 9.96. The van der Waals surface area contributed by atoms with E-state index in [1.807, 2.05) is 0 Å². The first-order chi connectivity index (χ1) is 8.58. The number of nitrogens with one attached hydrogen (secondary N) is 1. The molecule has 3 nitrogen and oxygen atoms in total. The van der Waals surface area contributed by atoms with E-state index in [1.54, 1.807) is 18.2 Å². The highest BCUT2D eigenvalue weighted by atomic mass is 35.5. The van der Waals surface area contributed by atoms with E-state index >= 15 is 0 Å². The summed E-state index contributed by atoms with van der Waals surface area (Å²) in [5.41, 5.74) is 6.44. The summed E-state index contributed by atoms with van der Waals surface area (Å²) in [6.07, 6.45) is 4.12. The minimum absolute atomic E-state index is 0.0359. The Morgan fingerprint density at radius 1 is 1.28 bits per heavy atom. The maximum absolute atomic E-state index is 12.1. The minimum atomic E-state index is -0.181. The monoisotopic (exact) mass is 286 g/mol. The highest BCUT2D eigenvalue weighted by Crippen LogP contribution is 2.22. The highest BCUT2D eigenvalue weighted by Gasteiger charge is 2.24. The summed E-state index contributed by atoms with van der Waals surface area (Å²) in [5, 5.41) is 3.84. The van der Waals surface area contributed by atoms with Crippen molar-refractivity contribution in [2.45, 2.75) is 37.8 Å². The van der Waals surface area contributed by atoms with Crippen molar-refractivity contribution in [3.05, 3.63) is 33.8 Å². The molecule has 1 aromatic carbocycles. The third kappa shape index (κ3) is 3.16. The van der Waals surface area contributed by atoms with Gasteiger partial charge in [-0.3, -0.25) is 4.79 Å². The standard InChI is InChI=1S/C13H16Cl2N2O/c14-8-5-6-9(10(15)7-8)13(18)17-12-4-2-1-3-11(12)16/h5-7,11-12H,1-4,16H2,(H,17,18). The van der Waals surface area contributed by atoms with Gasteiger partial charge in [-0.1, -0.05) is 36.0 Å². The molecule has 1 aromatic rings. The SMILES string of the molecule is NC1CCCCC1NC(=O)c1ccc(Cl)cc1Cl. The fraction of sp³-hybridized carbons (Fsp3) is 0.462. The molecule has 2 atom stereocenters.